The molecule has 0 saturated heterocycles. The molecule has 2 rings (SSSR count). The first-order chi connectivity index (χ1) is 10.2. The van der Waals surface area contributed by atoms with E-state index in [-0.39, 0.29) is 11.5 Å². The van der Waals surface area contributed by atoms with Crippen LogP contribution in [0.3, 0.4) is 0 Å². The lowest BCUT2D eigenvalue weighted by Gasteiger charge is -1.97. The highest BCUT2D eigenvalue weighted by Gasteiger charge is 1.90. The molecule has 2 aromatic carbocycles. The maximum Gasteiger partial charge on any atom is 0.115 e. The monoisotopic (exact) mass is 282 g/mol. The molecule has 0 aliphatic rings. The number of phenolic OH excluding ortho intramolecular Hbond substituents is 2. The van der Waals surface area contributed by atoms with Crippen molar-refractivity contribution < 1.29 is 14.9 Å². The van der Waals surface area contributed by atoms with Crippen LogP contribution in [0.5, 0.6) is 11.5 Å². The van der Waals surface area contributed by atoms with Crippen LogP contribution in [0.15, 0.2) is 73.2 Å². The standard InChI is InChI=1S/C18H18O3/c19-17-9-5-15(6-10-17)3-1-13-21-14-2-4-16-7-11-18(20)12-8-16/h1-2,5-14,19-20H,3-4H2. The molecule has 2 N–H and O–H groups in total. The summed E-state index contributed by atoms with van der Waals surface area (Å²) in [6, 6.07) is 14.2. The zero-order chi connectivity index (χ0) is 14.9. The summed E-state index contributed by atoms with van der Waals surface area (Å²) in [6.07, 6.45) is 8.62. The number of hydrogen-bond donors (Lipinski definition) is 2. The molecule has 0 atom stereocenters. The molecule has 0 saturated carbocycles. The second-order valence-electron chi connectivity index (χ2n) is 4.62. The highest BCUT2D eigenvalue weighted by Crippen LogP contribution is 2.11. The minimum absolute atomic E-state index is 0.274. The van der Waals surface area contributed by atoms with Crippen LogP contribution >= 0.6 is 0 Å². The first-order valence-corrected chi connectivity index (χ1v) is 6.75. The van der Waals surface area contributed by atoms with Crippen LogP contribution < -0.4 is 0 Å². The predicted molar refractivity (Wildman–Crippen MR) is 83.0 cm³/mol. The average molecular weight is 282 g/mol. The molecule has 0 radical (unpaired) electrons. The highest BCUT2D eigenvalue weighted by molar-refractivity contribution is 5.27. The molecule has 3 heteroatoms. The smallest absolute Gasteiger partial charge is 0.115 e. The van der Waals surface area contributed by atoms with Crippen molar-refractivity contribution in [2.45, 2.75) is 12.8 Å². The van der Waals surface area contributed by atoms with Crippen molar-refractivity contribution in [3.8, 4) is 11.5 Å². The summed E-state index contributed by atoms with van der Waals surface area (Å²) in [7, 11) is 0. The van der Waals surface area contributed by atoms with Crippen LogP contribution in [-0.2, 0) is 17.6 Å². The maximum absolute atomic E-state index is 9.17. The minimum Gasteiger partial charge on any atom is -0.508 e. The van der Waals surface area contributed by atoms with Gasteiger partial charge in [-0.15, -0.1) is 0 Å². The molecule has 0 spiro atoms. The Morgan fingerprint density at radius 2 is 1.05 bits per heavy atom. The molecule has 0 heterocycles. The van der Waals surface area contributed by atoms with Gasteiger partial charge in [0.25, 0.3) is 0 Å². The van der Waals surface area contributed by atoms with Gasteiger partial charge < -0.3 is 14.9 Å². The Balaban J connectivity index is 1.68. The molecule has 0 aromatic heterocycles. The largest absolute Gasteiger partial charge is 0.508 e. The number of phenols is 2. The fourth-order valence-electron chi connectivity index (χ4n) is 1.79. The average Bonchev–Trinajstić information content (AvgIpc) is 2.50. The van der Waals surface area contributed by atoms with Crippen molar-refractivity contribution in [3.05, 3.63) is 84.3 Å². The van der Waals surface area contributed by atoms with Gasteiger partial charge in [0.1, 0.15) is 11.5 Å². The van der Waals surface area contributed by atoms with Gasteiger partial charge in [-0.3, -0.25) is 0 Å². The summed E-state index contributed by atoms with van der Waals surface area (Å²) in [5, 5.41) is 18.3. The van der Waals surface area contributed by atoms with E-state index in [4.69, 9.17) is 14.9 Å². The van der Waals surface area contributed by atoms with E-state index in [0.29, 0.717) is 0 Å². The van der Waals surface area contributed by atoms with E-state index in [1.165, 1.54) is 0 Å². The van der Waals surface area contributed by atoms with Gasteiger partial charge in [0, 0.05) is 0 Å². The van der Waals surface area contributed by atoms with Gasteiger partial charge in [-0.05, 0) is 60.4 Å². The predicted octanol–water partition coefficient (Wildman–Crippen LogP) is 3.93. The van der Waals surface area contributed by atoms with E-state index < -0.39 is 0 Å². The number of hydrogen-bond acceptors (Lipinski definition) is 3. The summed E-state index contributed by atoms with van der Waals surface area (Å²) < 4.78 is 5.26. The van der Waals surface area contributed by atoms with Crippen LogP contribution in [0.4, 0.5) is 0 Å². The fraction of sp³-hybridized carbons (Fsp3) is 0.111. The summed E-state index contributed by atoms with van der Waals surface area (Å²) in [4.78, 5) is 0. The molecule has 21 heavy (non-hydrogen) atoms. The normalized spacial score (nSPS) is 11.2. The number of ether oxygens (including phenoxy) is 1. The summed E-state index contributed by atoms with van der Waals surface area (Å²) in [5.41, 5.74) is 2.22. The second-order valence-corrected chi connectivity index (χ2v) is 4.62. The lowest BCUT2D eigenvalue weighted by Crippen LogP contribution is -1.81. The Hall–Kier alpha value is -2.68. The van der Waals surface area contributed by atoms with E-state index >= 15 is 0 Å². The summed E-state index contributed by atoms with van der Waals surface area (Å²) in [5.74, 6) is 0.548. The Morgan fingerprint density at radius 3 is 1.43 bits per heavy atom. The highest BCUT2D eigenvalue weighted by atomic mass is 16.5. The zero-order valence-electron chi connectivity index (χ0n) is 11.6. The van der Waals surface area contributed by atoms with Crippen molar-refractivity contribution in [3.63, 3.8) is 0 Å². The number of benzene rings is 2. The van der Waals surface area contributed by atoms with Crippen LogP contribution in [0, 0.1) is 0 Å². The first-order valence-electron chi connectivity index (χ1n) is 6.75. The Morgan fingerprint density at radius 1 is 0.667 bits per heavy atom. The van der Waals surface area contributed by atoms with Gasteiger partial charge >= 0.3 is 0 Å². The Labute approximate surface area is 124 Å². The lowest BCUT2D eigenvalue weighted by atomic mass is 10.1. The van der Waals surface area contributed by atoms with Crippen LogP contribution in [-0.4, -0.2) is 10.2 Å². The van der Waals surface area contributed by atoms with Gasteiger partial charge in [-0.2, -0.15) is 0 Å². The molecular weight excluding hydrogens is 264 g/mol. The molecule has 0 aliphatic carbocycles. The van der Waals surface area contributed by atoms with Crippen molar-refractivity contribution in [1.29, 1.82) is 0 Å². The van der Waals surface area contributed by atoms with Gasteiger partial charge in [-0.25, -0.2) is 0 Å². The van der Waals surface area contributed by atoms with Crippen LogP contribution in [0.2, 0.25) is 0 Å². The van der Waals surface area contributed by atoms with E-state index in [1.54, 1.807) is 36.8 Å². The SMILES string of the molecule is Oc1ccc(CC=COC=CCc2ccc(O)cc2)cc1. The van der Waals surface area contributed by atoms with E-state index in [0.717, 1.165) is 24.0 Å². The van der Waals surface area contributed by atoms with Crippen molar-refractivity contribution in [2.24, 2.45) is 0 Å². The van der Waals surface area contributed by atoms with Gasteiger partial charge in [0.05, 0.1) is 12.5 Å². The molecule has 0 amide bonds. The van der Waals surface area contributed by atoms with Crippen molar-refractivity contribution in [1.82, 2.24) is 0 Å². The zero-order valence-corrected chi connectivity index (χ0v) is 11.6. The maximum atomic E-state index is 9.17. The molecule has 108 valence electrons. The lowest BCUT2D eigenvalue weighted by molar-refractivity contribution is 0.399. The van der Waals surface area contributed by atoms with Crippen molar-refractivity contribution >= 4 is 0 Å². The van der Waals surface area contributed by atoms with Gasteiger partial charge in [0.15, 0.2) is 0 Å². The quantitative estimate of drug-likeness (QED) is 0.789. The Bertz CT molecular complexity index is 540. The molecule has 2 aromatic rings. The summed E-state index contributed by atoms with van der Waals surface area (Å²) in [6.45, 7) is 0. The van der Waals surface area contributed by atoms with Crippen LogP contribution in [0.25, 0.3) is 0 Å². The van der Waals surface area contributed by atoms with E-state index in [2.05, 4.69) is 0 Å². The number of aromatic hydroxyl groups is 2. The number of allylic oxidation sites excluding steroid dienone is 2. The van der Waals surface area contributed by atoms with Gasteiger partial charge in [0.2, 0.25) is 0 Å². The van der Waals surface area contributed by atoms with E-state index in [1.807, 2.05) is 36.4 Å². The third-order valence-electron chi connectivity index (χ3n) is 2.93. The Kier molecular flexibility index (Phi) is 5.47. The third kappa shape index (κ3) is 5.45. The summed E-state index contributed by atoms with van der Waals surface area (Å²) >= 11 is 0. The topological polar surface area (TPSA) is 49.7 Å². The molecular formula is C18H18O3. The van der Waals surface area contributed by atoms with E-state index in [9.17, 15) is 0 Å². The van der Waals surface area contributed by atoms with Crippen molar-refractivity contribution in [2.75, 3.05) is 0 Å². The third-order valence-corrected chi connectivity index (χ3v) is 2.93. The second kappa shape index (κ2) is 7.80. The molecule has 0 fully saturated rings. The first kappa shape index (κ1) is 14.7. The number of rotatable bonds is 6. The molecule has 0 bridgehead atoms. The van der Waals surface area contributed by atoms with Gasteiger partial charge in [-0.1, -0.05) is 24.3 Å². The molecule has 3 nitrogen and oxygen atoms in total. The molecule has 0 aliphatic heterocycles. The van der Waals surface area contributed by atoms with Crippen LogP contribution in [0.1, 0.15) is 11.1 Å². The fourth-order valence-corrected chi connectivity index (χ4v) is 1.79. The molecule has 0 unspecified atom stereocenters. The minimum atomic E-state index is 0.274.